The van der Waals surface area contributed by atoms with Crippen LogP contribution >= 0.6 is 7.82 Å². The van der Waals surface area contributed by atoms with Gasteiger partial charge in [0.15, 0.2) is 6.10 Å². The highest BCUT2D eigenvalue weighted by molar-refractivity contribution is 7.48. The minimum atomic E-state index is -3.80. The summed E-state index contributed by atoms with van der Waals surface area (Å²) in [5, 5.41) is 2.52. The quantitative estimate of drug-likeness (QED) is 0.598. The molecule has 0 aromatic heterocycles. The fraction of sp³-hybridized carbons (Fsp3) is 0.727. The van der Waals surface area contributed by atoms with Crippen LogP contribution in [0.1, 0.15) is 20.3 Å². The number of methoxy groups -OCH3 is 1. The highest BCUT2D eigenvalue weighted by Gasteiger charge is 2.48. The van der Waals surface area contributed by atoms with Crippen molar-refractivity contribution in [2.45, 2.75) is 26.4 Å². The number of hydrogen-bond acceptors (Lipinski definition) is 7. The van der Waals surface area contributed by atoms with Crippen LogP contribution in [0.25, 0.3) is 0 Å². The number of carbonyl (C=O) groups excluding carboxylic acids is 2. The molecular weight excluding hydrogens is 289 g/mol. The number of hydrogen-bond donors (Lipinski definition) is 1. The number of phosphoric acid groups is 1. The Morgan fingerprint density at radius 2 is 2.15 bits per heavy atom. The Kier molecular flexibility index (Phi) is 5.70. The van der Waals surface area contributed by atoms with Crippen LogP contribution in [0.4, 0.5) is 0 Å². The maximum absolute atomic E-state index is 12.0. The Bertz CT molecular complexity index is 423. The van der Waals surface area contributed by atoms with E-state index in [2.05, 4.69) is 21.7 Å². The van der Waals surface area contributed by atoms with Gasteiger partial charge in [-0.15, -0.1) is 0 Å². The molecule has 8 nitrogen and oxygen atoms in total. The van der Waals surface area contributed by atoms with Gasteiger partial charge in [0, 0.05) is 12.0 Å². The Labute approximate surface area is 117 Å². The molecule has 115 valence electrons. The number of nitrogens with one attached hydrogen (secondary N) is 1. The Morgan fingerprint density at radius 3 is 2.70 bits per heavy atom. The molecule has 1 aliphatic rings. The zero-order chi connectivity index (χ0) is 15.4. The summed E-state index contributed by atoms with van der Waals surface area (Å²) in [6, 6.07) is 0. The molecular formula is C11H19NO7P. The van der Waals surface area contributed by atoms with Gasteiger partial charge in [-0.25, -0.2) is 4.57 Å². The molecule has 1 unspecified atom stereocenters. The van der Waals surface area contributed by atoms with E-state index in [9.17, 15) is 14.2 Å². The van der Waals surface area contributed by atoms with E-state index in [4.69, 9.17) is 9.05 Å². The van der Waals surface area contributed by atoms with Crippen molar-refractivity contribution in [3.63, 3.8) is 0 Å². The van der Waals surface area contributed by atoms with Crippen LogP contribution in [0.2, 0.25) is 0 Å². The van der Waals surface area contributed by atoms with Crippen molar-refractivity contribution >= 4 is 19.7 Å². The second kappa shape index (κ2) is 6.67. The normalized spacial score (nSPS) is 28.7. The van der Waals surface area contributed by atoms with E-state index in [1.807, 2.05) is 0 Å². The highest BCUT2D eigenvalue weighted by Crippen LogP contribution is 2.56. The molecule has 9 heteroatoms. The fourth-order valence-electron chi connectivity index (χ4n) is 1.58. The zero-order valence-corrected chi connectivity index (χ0v) is 12.6. The van der Waals surface area contributed by atoms with Gasteiger partial charge in [-0.05, 0) is 0 Å². The Morgan fingerprint density at radius 1 is 1.50 bits per heavy atom. The lowest BCUT2D eigenvalue weighted by Crippen LogP contribution is -2.49. The summed E-state index contributed by atoms with van der Waals surface area (Å²) in [4.78, 5) is 23.0. The van der Waals surface area contributed by atoms with Crippen molar-refractivity contribution in [2.75, 3.05) is 20.3 Å². The van der Waals surface area contributed by atoms with Crippen LogP contribution in [0, 0.1) is 12.5 Å². The van der Waals surface area contributed by atoms with Gasteiger partial charge in [0.2, 0.25) is 5.91 Å². The maximum atomic E-state index is 12.0. The summed E-state index contributed by atoms with van der Waals surface area (Å²) in [5.74, 6) is -0.941. The smallest absolute Gasteiger partial charge is 0.469 e. The molecule has 1 fully saturated rings. The van der Waals surface area contributed by atoms with Gasteiger partial charge in [-0.1, -0.05) is 13.8 Å². The first-order valence-electron chi connectivity index (χ1n) is 5.95. The molecule has 0 spiro atoms. The van der Waals surface area contributed by atoms with Gasteiger partial charge in [-0.2, -0.15) is 0 Å². The van der Waals surface area contributed by atoms with Gasteiger partial charge < -0.3 is 10.1 Å². The van der Waals surface area contributed by atoms with Crippen LogP contribution in [-0.4, -0.2) is 38.2 Å². The first-order chi connectivity index (χ1) is 9.24. The fourth-order valence-corrected chi connectivity index (χ4v) is 2.90. The van der Waals surface area contributed by atoms with Crippen molar-refractivity contribution in [3.8, 4) is 0 Å². The molecule has 1 heterocycles. The molecule has 1 radical (unpaired) electrons. The van der Waals surface area contributed by atoms with Crippen molar-refractivity contribution in [1.82, 2.24) is 5.32 Å². The first kappa shape index (κ1) is 17.1. The summed E-state index contributed by atoms with van der Waals surface area (Å²) in [6.45, 7) is 3.57. The van der Waals surface area contributed by atoms with Crippen LogP contribution in [0.15, 0.2) is 0 Å². The number of esters is 1. The Balaban J connectivity index is 2.63. The molecule has 1 aliphatic heterocycles. The van der Waals surface area contributed by atoms with E-state index in [1.54, 1.807) is 13.8 Å². The van der Waals surface area contributed by atoms with Crippen LogP contribution in [0.5, 0.6) is 0 Å². The summed E-state index contributed by atoms with van der Waals surface area (Å²) >= 11 is 0. The number of phosphoric ester groups is 1. The zero-order valence-electron chi connectivity index (χ0n) is 11.7. The molecule has 1 N–H and O–H groups in total. The lowest BCUT2D eigenvalue weighted by molar-refractivity contribution is -0.142. The summed E-state index contributed by atoms with van der Waals surface area (Å²) in [7, 11) is 0.469. The van der Waals surface area contributed by atoms with Gasteiger partial charge in [0.25, 0.3) is 0 Å². The molecule has 0 bridgehead atoms. The maximum Gasteiger partial charge on any atom is 0.475 e. The first-order valence-corrected chi connectivity index (χ1v) is 7.41. The predicted molar refractivity (Wildman–Crippen MR) is 68.3 cm³/mol. The molecule has 0 saturated carbocycles. The van der Waals surface area contributed by atoms with Crippen LogP contribution in [-0.2, 0) is 32.5 Å². The van der Waals surface area contributed by atoms with E-state index in [0.717, 1.165) is 0 Å². The van der Waals surface area contributed by atoms with Crippen molar-refractivity contribution in [3.05, 3.63) is 7.11 Å². The third kappa shape index (κ3) is 4.28. The third-order valence-electron chi connectivity index (χ3n) is 2.79. The summed E-state index contributed by atoms with van der Waals surface area (Å²) in [6.07, 6.45) is -0.989. The number of rotatable bonds is 5. The van der Waals surface area contributed by atoms with Gasteiger partial charge in [0.05, 0.1) is 27.2 Å². The van der Waals surface area contributed by atoms with E-state index < -0.39 is 31.2 Å². The monoisotopic (exact) mass is 308 g/mol. The largest absolute Gasteiger partial charge is 0.475 e. The SMILES string of the molecule is [CH2]OP1(=O)OCC(C)(C)[C@H](C(=O)NCCC(=O)OC)O1. The van der Waals surface area contributed by atoms with E-state index >= 15 is 0 Å². The number of ether oxygens (including phenoxy) is 1. The summed E-state index contributed by atoms with van der Waals surface area (Å²) in [5.41, 5.74) is -0.693. The molecule has 1 rings (SSSR count). The van der Waals surface area contributed by atoms with Crippen LogP contribution in [0.3, 0.4) is 0 Å². The van der Waals surface area contributed by atoms with Crippen molar-refractivity contribution < 1.29 is 32.5 Å². The standard InChI is InChI=1S/C11H19NO7P/c1-11(2)7-18-20(15,17-4)19-9(11)10(14)12-6-5-8(13)16-3/h9H,4-7H2,1-3H3,(H,12,14)/t9-,20?/m0/s1. The van der Waals surface area contributed by atoms with E-state index in [0.29, 0.717) is 0 Å². The van der Waals surface area contributed by atoms with Gasteiger partial charge >= 0.3 is 13.8 Å². The molecule has 0 aromatic carbocycles. The molecule has 2 atom stereocenters. The topological polar surface area (TPSA) is 100 Å². The molecule has 1 amide bonds. The van der Waals surface area contributed by atoms with Crippen LogP contribution < -0.4 is 5.32 Å². The lowest BCUT2D eigenvalue weighted by Gasteiger charge is -2.38. The second-order valence-electron chi connectivity index (χ2n) is 4.94. The van der Waals surface area contributed by atoms with E-state index in [-0.39, 0.29) is 19.6 Å². The Hall–Kier alpha value is -0.950. The average Bonchev–Trinajstić information content (AvgIpc) is 2.41. The summed E-state index contributed by atoms with van der Waals surface area (Å²) < 4.78 is 30.8. The second-order valence-corrected chi connectivity index (χ2v) is 6.56. The van der Waals surface area contributed by atoms with Crippen molar-refractivity contribution in [2.24, 2.45) is 5.41 Å². The lowest BCUT2D eigenvalue weighted by atomic mass is 9.87. The highest BCUT2D eigenvalue weighted by atomic mass is 31.2. The average molecular weight is 308 g/mol. The number of carbonyl (C=O) groups is 2. The minimum absolute atomic E-state index is 0.0227. The van der Waals surface area contributed by atoms with E-state index in [1.165, 1.54) is 7.11 Å². The van der Waals surface area contributed by atoms with Gasteiger partial charge in [-0.3, -0.25) is 23.2 Å². The molecule has 20 heavy (non-hydrogen) atoms. The van der Waals surface area contributed by atoms with Crippen molar-refractivity contribution in [1.29, 1.82) is 0 Å². The molecule has 0 aliphatic carbocycles. The third-order valence-corrected chi connectivity index (χ3v) is 4.02. The molecule has 0 aromatic rings. The molecule has 1 saturated heterocycles. The number of amides is 1. The predicted octanol–water partition coefficient (Wildman–Crippen LogP) is 1.02. The van der Waals surface area contributed by atoms with Gasteiger partial charge in [0.1, 0.15) is 0 Å². The minimum Gasteiger partial charge on any atom is -0.469 e.